The Morgan fingerprint density at radius 1 is 1.03 bits per heavy atom. The van der Waals surface area contributed by atoms with Gasteiger partial charge in [0, 0.05) is 19.5 Å². The number of hydrogen-bond acceptors (Lipinski definition) is 4. The van der Waals surface area contributed by atoms with Gasteiger partial charge in [-0.15, -0.1) is 0 Å². The molecular formula is C27H32N2O5. The number of amides is 2. The van der Waals surface area contributed by atoms with Crippen LogP contribution in [-0.2, 0) is 14.3 Å². The number of fused-ring (bicyclic) bond motifs is 3. The zero-order valence-electron chi connectivity index (χ0n) is 20.0. The highest BCUT2D eigenvalue weighted by atomic mass is 16.5. The molecule has 0 unspecified atom stereocenters. The molecule has 0 radical (unpaired) electrons. The van der Waals surface area contributed by atoms with E-state index in [9.17, 15) is 19.5 Å². The van der Waals surface area contributed by atoms with Crippen LogP contribution in [-0.4, -0.2) is 53.7 Å². The minimum atomic E-state index is -1.11. The number of carbonyl (C=O) groups is 3. The van der Waals surface area contributed by atoms with E-state index in [1.165, 1.54) is 4.90 Å². The van der Waals surface area contributed by atoms with Crippen molar-refractivity contribution in [2.24, 2.45) is 5.41 Å². The number of nitrogens with one attached hydrogen (secondary N) is 1. The van der Waals surface area contributed by atoms with Crippen molar-refractivity contribution < 1.29 is 24.2 Å². The summed E-state index contributed by atoms with van der Waals surface area (Å²) in [6.45, 7) is 4.06. The van der Waals surface area contributed by atoms with Crippen molar-refractivity contribution in [2.45, 2.75) is 51.0 Å². The molecule has 0 heterocycles. The van der Waals surface area contributed by atoms with Crippen LogP contribution in [0, 0.1) is 5.41 Å². The highest BCUT2D eigenvalue weighted by molar-refractivity contribution is 5.92. The first-order chi connectivity index (χ1) is 16.3. The van der Waals surface area contributed by atoms with E-state index in [-0.39, 0.29) is 25.0 Å². The van der Waals surface area contributed by atoms with Gasteiger partial charge in [-0.1, -0.05) is 62.4 Å². The van der Waals surface area contributed by atoms with Gasteiger partial charge in [0.05, 0.1) is 5.41 Å². The van der Waals surface area contributed by atoms with Crippen molar-refractivity contribution in [1.29, 1.82) is 0 Å². The first-order valence-electron chi connectivity index (χ1n) is 11.9. The summed E-state index contributed by atoms with van der Waals surface area (Å²) in [6, 6.07) is 16.3. The third kappa shape index (κ3) is 3.93. The van der Waals surface area contributed by atoms with Crippen molar-refractivity contribution in [3.8, 4) is 11.1 Å². The van der Waals surface area contributed by atoms with Crippen LogP contribution >= 0.6 is 0 Å². The van der Waals surface area contributed by atoms with Gasteiger partial charge in [0.2, 0.25) is 5.91 Å². The van der Waals surface area contributed by atoms with Crippen LogP contribution in [0.25, 0.3) is 11.1 Å². The van der Waals surface area contributed by atoms with Gasteiger partial charge >= 0.3 is 12.1 Å². The monoisotopic (exact) mass is 464 g/mol. The number of carboxylic acid groups (broad SMARTS) is 1. The summed E-state index contributed by atoms with van der Waals surface area (Å²) < 4.78 is 5.61. The highest BCUT2D eigenvalue weighted by Gasteiger charge is 2.57. The molecule has 0 bridgehead atoms. The van der Waals surface area contributed by atoms with Crippen molar-refractivity contribution in [3.05, 3.63) is 59.7 Å². The summed E-state index contributed by atoms with van der Waals surface area (Å²) in [5, 5.41) is 12.4. The minimum Gasteiger partial charge on any atom is -0.479 e. The first-order valence-corrected chi connectivity index (χ1v) is 11.9. The summed E-state index contributed by atoms with van der Waals surface area (Å²) in [5.41, 5.74) is 2.58. The van der Waals surface area contributed by atoms with Crippen molar-refractivity contribution in [3.63, 3.8) is 0 Å². The predicted molar refractivity (Wildman–Crippen MR) is 128 cm³/mol. The second-order valence-corrected chi connectivity index (χ2v) is 9.37. The number of likely N-dealkylation sites (N-methyl/N-ethyl adjacent to an activating group) is 1. The lowest BCUT2D eigenvalue weighted by Gasteiger charge is -2.37. The summed E-state index contributed by atoms with van der Waals surface area (Å²) in [5.74, 6) is -1.27. The molecule has 2 amide bonds. The molecule has 34 heavy (non-hydrogen) atoms. The van der Waals surface area contributed by atoms with Crippen LogP contribution in [0.4, 0.5) is 4.79 Å². The fourth-order valence-electron chi connectivity index (χ4n) is 5.13. The van der Waals surface area contributed by atoms with Gasteiger partial charge < -0.3 is 20.1 Å². The lowest BCUT2D eigenvalue weighted by molar-refractivity contribution is -0.156. The molecule has 2 N–H and O–H groups in total. The summed E-state index contributed by atoms with van der Waals surface area (Å²) in [6.07, 6.45) is 1.28. The molecule has 1 saturated carbocycles. The third-order valence-electron chi connectivity index (χ3n) is 7.79. The van der Waals surface area contributed by atoms with Crippen LogP contribution in [0.15, 0.2) is 48.5 Å². The molecule has 2 aliphatic carbocycles. The van der Waals surface area contributed by atoms with Crippen molar-refractivity contribution in [2.75, 3.05) is 20.2 Å². The maximum absolute atomic E-state index is 13.3. The summed E-state index contributed by atoms with van der Waals surface area (Å²) in [7, 11) is 1.55. The molecule has 2 aromatic carbocycles. The fraction of sp³-hybridized carbons (Fsp3) is 0.444. The largest absolute Gasteiger partial charge is 0.479 e. The van der Waals surface area contributed by atoms with Crippen molar-refractivity contribution >= 4 is 18.0 Å². The van der Waals surface area contributed by atoms with E-state index < -0.39 is 23.0 Å². The molecule has 1 fully saturated rings. The molecule has 0 saturated heterocycles. The molecule has 0 aromatic heterocycles. The number of carbonyl (C=O) groups excluding carboxylic acids is 2. The number of aliphatic carboxylic acids is 1. The van der Waals surface area contributed by atoms with E-state index in [1.807, 2.05) is 38.1 Å². The average molecular weight is 465 g/mol. The predicted octanol–water partition coefficient (Wildman–Crippen LogP) is 4.41. The zero-order chi connectivity index (χ0) is 24.5. The van der Waals surface area contributed by atoms with Crippen LogP contribution in [0.5, 0.6) is 0 Å². The Labute approximate surface area is 200 Å². The van der Waals surface area contributed by atoms with E-state index in [4.69, 9.17) is 4.74 Å². The Morgan fingerprint density at radius 3 is 2.03 bits per heavy atom. The number of benzene rings is 2. The van der Waals surface area contributed by atoms with E-state index in [0.717, 1.165) is 22.3 Å². The number of ether oxygens (including phenoxy) is 1. The van der Waals surface area contributed by atoms with E-state index in [0.29, 0.717) is 25.7 Å². The molecule has 7 nitrogen and oxygen atoms in total. The molecular weight excluding hydrogens is 432 g/mol. The van der Waals surface area contributed by atoms with Gasteiger partial charge in [-0.3, -0.25) is 4.79 Å². The van der Waals surface area contributed by atoms with Crippen molar-refractivity contribution in [1.82, 2.24) is 10.2 Å². The minimum absolute atomic E-state index is 0.0432. The van der Waals surface area contributed by atoms with E-state index in [1.54, 1.807) is 7.05 Å². The zero-order valence-corrected chi connectivity index (χ0v) is 20.0. The molecule has 2 aliphatic rings. The molecule has 0 spiro atoms. The van der Waals surface area contributed by atoms with Gasteiger partial charge in [-0.05, 0) is 47.9 Å². The number of hydrogen-bond donors (Lipinski definition) is 2. The van der Waals surface area contributed by atoms with Crippen LogP contribution < -0.4 is 5.32 Å². The summed E-state index contributed by atoms with van der Waals surface area (Å²) in [4.78, 5) is 39.1. The smallest absolute Gasteiger partial charge is 0.407 e. The fourth-order valence-corrected chi connectivity index (χ4v) is 5.13. The van der Waals surface area contributed by atoms with Gasteiger partial charge in [0.1, 0.15) is 12.1 Å². The number of carboxylic acids is 1. The molecule has 180 valence electrons. The number of nitrogens with zero attached hydrogens (tertiary/aromatic N) is 1. The topological polar surface area (TPSA) is 95.9 Å². The normalized spacial score (nSPS) is 15.7. The Hall–Kier alpha value is -3.35. The molecule has 0 atom stereocenters. The lowest BCUT2D eigenvalue weighted by Crippen LogP contribution is -2.54. The Balaban J connectivity index is 1.41. The number of rotatable bonds is 9. The van der Waals surface area contributed by atoms with Crippen LogP contribution in [0.1, 0.15) is 56.6 Å². The number of alkyl carbamates (subject to hydrolysis) is 1. The standard InChI is InChI=1S/C27H32N2O5/c1-4-26(5-2,23(30)29(3)27(14-15-27)24(31)32)17-28-25(33)34-16-22-20-12-8-6-10-18(20)19-11-7-9-13-21(19)22/h6-13,22H,4-5,14-17H2,1-3H3,(H,28,33)(H,31,32). The maximum atomic E-state index is 13.3. The SMILES string of the molecule is CCC(CC)(CNC(=O)OCC1c2ccccc2-c2ccccc21)C(=O)N(C)C1(C(=O)O)CC1. The lowest BCUT2D eigenvalue weighted by atomic mass is 9.80. The van der Waals surface area contributed by atoms with Gasteiger partial charge in [-0.2, -0.15) is 0 Å². The van der Waals surface area contributed by atoms with E-state index in [2.05, 4.69) is 29.6 Å². The molecule has 2 aromatic rings. The Kier molecular flexibility index (Phi) is 6.39. The Morgan fingerprint density at radius 2 is 1.56 bits per heavy atom. The average Bonchev–Trinajstić information content (AvgIpc) is 3.62. The first kappa shape index (κ1) is 23.8. The molecule has 0 aliphatic heterocycles. The second-order valence-electron chi connectivity index (χ2n) is 9.37. The van der Waals surface area contributed by atoms with Gasteiger partial charge in [-0.25, -0.2) is 9.59 Å². The van der Waals surface area contributed by atoms with E-state index >= 15 is 0 Å². The maximum Gasteiger partial charge on any atom is 0.407 e. The highest BCUT2D eigenvalue weighted by Crippen LogP contribution is 2.45. The second kappa shape index (κ2) is 9.12. The Bertz CT molecular complexity index is 1060. The summed E-state index contributed by atoms with van der Waals surface area (Å²) >= 11 is 0. The van der Waals surface area contributed by atoms with Crippen LogP contribution in [0.3, 0.4) is 0 Å². The molecule has 7 heteroatoms. The quantitative estimate of drug-likeness (QED) is 0.573. The van der Waals surface area contributed by atoms with Gasteiger partial charge in [0.15, 0.2) is 0 Å². The van der Waals surface area contributed by atoms with Crippen LogP contribution in [0.2, 0.25) is 0 Å². The third-order valence-corrected chi connectivity index (χ3v) is 7.79. The van der Waals surface area contributed by atoms with Gasteiger partial charge in [0.25, 0.3) is 0 Å². The molecule has 4 rings (SSSR count).